The van der Waals surface area contributed by atoms with Crippen LogP contribution in [0.15, 0.2) is 18.3 Å². The van der Waals surface area contributed by atoms with Crippen molar-refractivity contribution in [2.24, 2.45) is 0 Å². The lowest BCUT2D eigenvalue weighted by Crippen LogP contribution is -2.32. The van der Waals surface area contributed by atoms with Gasteiger partial charge in [0.05, 0.1) is 16.2 Å². The van der Waals surface area contributed by atoms with E-state index in [9.17, 15) is 8.78 Å². The number of nitrogens with one attached hydrogen (secondary N) is 1. The maximum absolute atomic E-state index is 13.3. The van der Waals surface area contributed by atoms with Gasteiger partial charge in [-0.3, -0.25) is 0 Å². The predicted molar refractivity (Wildman–Crippen MR) is 92.1 cm³/mol. The zero-order valence-electron chi connectivity index (χ0n) is 13.6. The molecule has 0 spiro atoms. The van der Waals surface area contributed by atoms with Gasteiger partial charge in [-0.05, 0) is 32.8 Å². The van der Waals surface area contributed by atoms with Crippen LogP contribution in [-0.2, 0) is 0 Å². The Morgan fingerprint density at radius 1 is 1.33 bits per heavy atom. The summed E-state index contributed by atoms with van der Waals surface area (Å²) < 4.78 is 28.2. The van der Waals surface area contributed by atoms with Gasteiger partial charge in [0, 0.05) is 31.1 Å². The van der Waals surface area contributed by atoms with E-state index in [-0.39, 0.29) is 23.7 Å². The fourth-order valence-electron chi connectivity index (χ4n) is 2.75. The van der Waals surface area contributed by atoms with Gasteiger partial charge in [0.25, 0.3) is 5.95 Å². The SMILES string of the molecule is Cc1ccn(-c2nc(NC3CCC(F)(F)CC3)cc(C(C)Br)n2)n1. The molecule has 0 amide bonds. The van der Waals surface area contributed by atoms with Crippen LogP contribution in [0.4, 0.5) is 14.6 Å². The number of alkyl halides is 3. The van der Waals surface area contributed by atoms with Crippen molar-refractivity contribution in [3.05, 3.63) is 29.7 Å². The minimum Gasteiger partial charge on any atom is -0.367 e. The van der Waals surface area contributed by atoms with Crippen LogP contribution in [0.3, 0.4) is 0 Å². The summed E-state index contributed by atoms with van der Waals surface area (Å²) in [6, 6.07) is 3.74. The summed E-state index contributed by atoms with van der Waals surface area (Å²) in [4.78, 5) is 9.06. The molecule has 1 aliphatic rings. The molecule has 24 heavy (non-hydrogen) atoms. The summed E-state index contributed by atoms with van der Waals surface area (Å²) in [5.74, 6) is -1.42. The zero-order valence-corrected chi connectivity index (χ0v) is 15.2. The molecule has 1 aliphatic carbocycles. The lowest BCUT2D eigenvalue weighted by atomic mass is 9.92. The molecule has 0 bridgehead atoms. The molecular weight excluding hydrogens is 380 g/mol. The van der Waals surface area contributed by atoms with Crippen LogP contribution in [0.25, 0.3) is 5.95 Å². The molecule has 2 aromatic rings. The Hall–Kier alpha value is -1.57. The molecule has 1 N–H and O–H groups in total. The van der Waals surface area contributed by atoms with Crippen LogP contribution in [-0.4, -0.2) is 31.7 Å². The van der Waals surface area contributed by atoms with E-state index in [1.807, 2.05) is 26.0 Å². The van der Waals surface area contributed by atoms with Crippen LogP contribution in [0.1, 0.15) is 48.8 Å². The van der Waals surface area contributed by atoms with Crippen molar-refractivity contribution < 1.29 is 8.78 Å². The molecule has 3 rings (SSSR count). The number of nitrogens with zero attached hydrogens (tertiary/aromatic N) is 4. The highest BCUT2D eigenvalue weighted by Crippen LogP contribution is 2.34. The molecule has 0 saturated heterocycles. The second kappa shape index (κ2) is 6.74. The maximum atomic E-state index is 13.3. The summed E-state index contributed by atoms with van der Waals surface area (Å²) in [5, 5.41) is 7.62. The topological polar surface area (TPSA) is 55.6 Å². The Kier molecular flexibility index (Phi) is 4.85. The summed E-state index contributed by atoms with van der Waals surface area (Å²) in [5.41, 5.74) is 1.69. The molecule has 8 heteroatoms. The maximum Gasteiger partial charge on any atom is 0.252 e. The smallest absolute Gasteiger partial charge is 0.252 e. The molecule has 5 nitrogen and oxygen atoms in total. The molecule has 1 fully saturated rings. The fourth-order valence-corrected chi connectivity index (χ4v) is 2.99. The molecule has 1 atom stereocenters. The molecular formula is C16H20BrF2N5. The molecule has 0 aromatic carbocycles. The van der Waals surface area contributed by atoms with E-state index in [2.05, 4.69) is 36.3 Å². The minimum absolute atomic E-state index is 0.00483. The Bertz CT molecular complexity index is 706. The number of aromatic nitrogens is 4. The van der Waals surface area contributed by atoms with Gasteiger partial charge >= 0.3 is 0 Å². The standard InChI is InChI=1S/C16H20BrF2N5/c1-10-5-8-24(23-10)15-21-13(11(2)17)9-14(22-15)20-12-3-6-16(18,19)7-4-12/h5,8-9,11-12H,3-4,6-7H2,1-2H3,(H,20,21,22). The molecule has 0 aliphatic heterocycles. The number of halogens is 3. The highest BCUT2D eigenvalue weighted by Gasteiger charge is 2.35. The fraction of sp³-hybridized carbons (Fsp3) is 0.562. The molecule has 130 valence electrons. The van der Waals surface area contributed by atoms with Gasteiger partial charge in [-0.15, -0.1) is 0 Å². The summed E-state index contributed by atoms with van der Waals surface area (Å²) in [7, 11) is 0. The van der Waals surface area contributed by atoms with E-state index in [4.69, 9.17) is 0 Å². The van der Waals surface area contributed by atoms with Gasteiger partial charge in [-0.25, -0.2) is 18.4 Å². The first-order valence-corrected chi connectivity index (χ1v) is 8.94. The van der Waals surface area contributed by atoms with Crippen molar-refractivity contribution in [1.29, 1.82) is 0 Å². The molecule has 2 heterocycles. The highest BCUT2D eigenvalue weighted by molar-refractivity contribution is 9.09. The summed E-state index contributed by atoms with van der Waals surface area (Å²) in [6.07, 6.45) is 2.52. The van der Waals surface area contributed by atoms with E-state index >= 15 is 0 Å². The number of anilines is 1. The van der Waals surface area contributed by atoms with Crippen LogP contribution in [0.5, 0.6) is 0 Å². The quantitative estimate of drug-likeness (QED) is 0.773. The Balaban J connectivity index is 1.83. The zero-order chi connectivity index (χ0) is 17.3. The third-order valence-electron chi connectivity index (χ3n) is 4.14. The average Bonchev–Trinajstić information content (AvgIpc) is 2.96. The van der Waals surface area contributed by atoms with Crippen molar-refractivity contribution in [1.82, 2.24) is 19.7 Å². The van der Waals surface area contributed by atoms with Crippen LogP contribution in [0, 0.1) is 6.92 Å². The van der Waals surface area contributed by atoms with Crippen molar-refractivity contribution in [3.8, 4) is 5.95 Å². The molecule has 1 unspecified atom stereocenters. The van der Waals surface area contributed by atoms with E-state index < -0.39 is 5.92 Å². The number of aryl methyl sites for hydroxylation is 1. The normalized spacial score (nSPS) is 19.2. The third-order valence-corrected chi connectivity index (χ3v) is 4.61. The first-order valence-electron chi connectivity index (χ1n) is 8.02. The second-order valence-electron chi connectivity index (χ2n) is 6.27. The number of hydrogen-bond donors (Lipinski definition) is 1. The van der Waals surface area contributed by atoms with E-state index in [1.54, 1.807) is 10.9 Å². The predicted octanol–water partition coefficient (Wildman–Crippen LogP) is 4.42. The van der Waals surface area contributed by atoms with Crippen LogP contribution in [0.2, 0.25) is 0 Å². The molecule has 0 radical (unpaired) electrons. The molecule has 1 saturated carbocycles. The number of hydrogen-bond acceptors (Lipinski definition) is 4. The van der Waals surface area contributed by atoms with Crippen LogP contribution < -0.4 is 5.32 Å². The van der Waals surface area contributed by atoms with Gasteiger partial charge in [0.2, 0.25) is 5.92 Å². The Morgan fingerprint density at radius 3 is 2.62 bits per heavy atom. The number of rotatable bonds is 4. The minimum atomic E-state index is -2.53. The third kappa shape index (κ3) is 4.09. The van der Waals surface area contributed by atoms with Crippen molar-refractivity contribution in [2.75, 3.05) is 5.32 Å². The van der Waals surface area contributed by atoms with E-state index in [0.717, 1.165) is 11.4 Å². The monoisotopic (exact) mass is 399 g/mol. The van der Waals surface area contributed by atoms with Crippen molar-refractivity contribution in [2.45, 2.75) is 56.3 Å². The average molecular weight is 400 g/mol. The van der Waals surface area contributed by atoms with Gasteiger partial charge < -0.3 is 5.32 Å². The van der Waals surface area contributed by atoms with E-state index in [0.29, 0.717) is 24.6 Å². The van der Waals surface area contributed by atoms with Gasteiger partial charge in [0.1, 0.15) is 5.82 Å². The lowest BCUT2D eigenvalue weighted by molar-refractivity contribution is -0.0361. The first kappa shape index (κ1) is 17.3. The van der Waals surface area contributed by atoms with Gasteiger partial charge in [-0.1, -0.05) is 15.9 Å². The lowest BCUT2D eigenvalue weighted by Gasteiger charge is -2.29. The largest absolute Gasteiger partial charge is 0.367 e. The van der Waals surface area contributed by atoms with Crippen molar-refractivity contribution in [3.63, 3.8) is 0 Å². The second-order valence-corrected chi connectivity index (χ2v) is 7.64. The Labute approximate surface area is 148 Å². The van der Waals surface area contributed by atoms with Gasteiger partial charge in [0.15, 0.2) is 0 Å². The van der Waals surface area contributed by atoms with Crippen LogP contribution >= 0.6 is 15.9 Å². The summed E-state index contributed by atoms with van der Waals surface area (Å²) in [6.45, 7) is 3.88. The Morgan fingerprint density at radius 2 is 2.04 bits per heavy atom. The first-order chi connectivity index (χ1) is 11.3. The van der Waals surface area contributed by atoms with E-state index in [1.165, 1.54) is 0 Å². The highest BCUT2D eigenvalue weighted by atomic mass is 79.9. The summed E-state index contributed by atoms with van der Waals surface area (Å²) >= 11 is 3.52. The van der Waals surface area contributed by atoms with Gasteiger partial charge in [-0.2, -0.15) is 10.1 Å². The molecule has 2 aromatic heterocycles. The van der Waals surface area contributed by atoms with Crippen molar-refractivity contribution >= 4 is 21.7 Å².